The van der Waals surface area contributed by atoms with Crippen LogP contribution in [0.15, 0.2) is 0 Å². The van der Waals surface area contributed by atoms with E-state index in [1.807, 2.05) is 34.6 Å². The molecular formula is C28H50N4O7. The number of hydrogen-bond donors (Lipinski definition) is 4. The second-order valence-corrected chi connectivity index (χ2v) is 11.6. The number of hydrogen-bond acceptors (Lipinski definition) is 7. The van der Waals surface area contributed by atoms with Gasteiger partial charge in [-0.1, -0.05) is 54.4 Å². The van der Waals surface area contributed by atoms with Gasteiger partial charge in [-0.2, -0.15) is 0 Å². The Morgan fingerprint density at radius 2 is 1.36 bits per heavy atom. The molecule has 1 aliphatic rings. The first-order valence-corrected chi connectivity index (χ1v) is 14.0. The van der Waals surface area contributed by atoms with Crippen LogP contribution >= 0.6 is 0 Å². The molecule has 1 aliphatic heterocycles. The number of carbonyl (C=O) groups excluding carboxylic acids is 5. The van der Waals surface area contributed by atoms with Gasteiger partial charge < -0.3 is 30.7 Å². The van der Waals surface area contributed by atoms with Gasteiger partial charge in [-0.05, 0) is 38.0 Å². The minimum Gasteiger partial charge on any atom is -0.391 e. The zero-order valence-corrected chi connectivity index (χ0v) is 25.3. The molecule has 0 aliphatic carbocycles. The summed E-state index contributed by atoms with van der Waals surface area (Å²) in [6.07, 6.45) is 0.280. The van der Waals surface area contributed by atoms with E-state index in [-0.39, 0.29) is 36.1 Å². The number of nitrogens with zero attached hydrogens (tertiary/aromatic N) is 1. The van der Waals surface area contributed by atoms with Crippen LogP contribution in [0.2, 0.25) is 0 Å². The number of amides is 4. The fraction of sp³-hybridized carbons (Fsp3) is 0.821. The second kappa shape index (κ2) is 14.7. The maximum Gasteiger partial charge on any atom is 0.245 e. The van der Waals surface area contributed by atoms with Crippen molar-refractivity contribution in [1.29, 1.82) is 0 Å². The number of carbonyl (C=O) groups is 5. The van der Waals surface area contributed by atoms with Crippen LogP contribution in [0.4, 0.5) is 0 Å². The first kappa shape index (κ1) is 34.5. The molecule has 1 rings (SSSR count). The minimum absolute atomic E-state index is 0.0952. The summed E-state index contributed by atoms with van der Waals surface area (Å²) in [5.41, 5.74) is -0.943. The van der Waals surface area contributed by atoms with Crippen molar-refractivity contribution in [3.8, 4) is 0 Å². The van der Waals surface area contributed by atoms with Gasteiger partial charge in [0.25, 0.3) is 0 Å². The van der Waals surface area contributed by atoms with E-state index in [2.05, 4.69) is 16.0 Å². The second-order valence-electron chi connectivity index (χ2n) is 11.6. The van der Waals surface area contributed by atoms with Gasteiger partial charge in [0.15, 0.2) is 5.78 Å². The lowest BCUT2D eigenvalue weighted by molar-refractivity contribution is -0.141. The van der Waals surface area contributed by atoms with Crippen molar-refractivity contribution < 1.29 is 33.8 Å². The minimum atomic E-state index is -1.36. The number of Topliss-reactive ketones (excluding diaryl/α,β-unsaturated/α-hetero) is 1. The van der Waals surface area contributed by atoms with E-state index in [0.717, 1.165) is 0 Å². The van der Waals surface area contributed by atoms with Gasteiger partial charge in [0.05, 0.1) is 18.8 Å². The first-order chi connectivity index (χ1) is 18.0. The highest BCUT2D eigenvalue weighted by Crippen LogP contribution is 2.29. The SMILES string of the molecule is CCC(C)C(NC(=O)C(C(C)CC)N(C)C(C)=O)C(=O)NC(C(=O)NC(CC(C)C)C(=O)[C@@]1(C)CO1)C(C)O. The van der Waals surface area contributed by atoms with Crippen molar-refractivity contribution in [2.24, 2.45) is 17.8 Å². The largest absolute Gasteiger partial charge is 0.391 e. The van der Waals surface area contributed by atoms with E-state index < -0.39 is 53.6 Å². The lowest BCUT2D eigenvalue weighted by atomic mass is 9.92. The molecule has 0 bridgehead atoms. The molecule has 0 aromatic heterocycles. The fourth-order valence-corrected chi connectivity index (χ4v) is 4.41. The Morgan fingerprint density at radius 3 is 1.77 bits per heavy atom. The average molecular weight is 555 g/mol. The third kappa shape index (κ3) is 9.56. The monoisotopic (exact) mass is 554 g/mol. The predicted octanol–water partition coefficient (Wildman–Crippen LogP) is 1.16. The Bertz CT molecular complexity index is 887. The summed E-state index contributed by atoms with van der Waals surface area (Å²) in [5, 5.41) is 18.5. The molecule has 0 aromatic rings. The van der Waals surface area contributed by atoms with Crippen LogP contribution in [0.3, 0.4) is 0 Å². The number of rotatable bonds is 16. The molecule has 11 nitrogen and oxygen atoms in total. The van der Waals surface area contributed by atoms with Crippen LogP contribution < -0.4 is 16.0 Å². The average Bonchev–Trinajstić information content (AvgIpc) is 3.61. The number of aliphatic hydroxyl groups is 1. The number of epoxide rings is 1. The molecule has 39 heavy (non-hydrogen) atoms. The van der Waals surface area contributed by atoms with Gasteiger partial charge in [-0.25, -0.2) is 0 Å². The summed E-state index contributed by atoms with van der Waals surface area (Å²) < 4.78 is 5.27. The molecule has 0 aromatic carbocycles. The molecule has 7 unspecified atom stereocenters. The molecule has 11 heteroatoms. The Kier molecular flexibility index (Phi) is 13.0. The molecule has 4 amide bonds. The zero-order valence-electron chi connectivity index (χ0n) is 25.3. The van der Waals surface area contributed by atoms with Gasteiger partial charge in [-0.15, -0.1) is 0 Å². The number of ketones is 1. The number of ether oxygens (including phenoxy) is 1. The topological polar surface area (TPSA) is 157 Å². The van der Waals surface area contributed by atoms with E-state index in [9.17, 15) is 29.1 Å². The van der Waals surface area contributed by atoms with Crippen molar-refractivity contribution in [2.45, 2.75) is 117 Å². The van der Waals surface area contributed by atoms with Crippen LogP contribution in [0.5, 0.6) is 0 Å². The summed E-state index contributed by atoms with van der Waals surface area (Å²) in [7, 11) is 1.55. The normalized spacial score (nSPS) is 21.9. The first-order valence-electron chi connectivity index (χ1n) is 14.0. The smallest absolute Gasteiger partial charge is 0.245 e. The van der Waals surface area contributed by atoms with Crippen LogP contribution in [0, 0.1) is 17.8 Å². The van der Waals surface area contributed by atoms with E-state index in [1.54, 1.807) is 20.9 Å². The van der Waals surface area contributed by atoms with Gasteiger partial charge in [-0.3, -0.25) is 24.0 Å². The van der Waals surface area contributed by atoms with Gasteiger partial charge in [0, 0.05) is 14.0 Å². The third-order valence-corrected chi connectivity index (χ3v) is 7.66. The maximum atomic E-state index is 13.4. The zero-order chi connectivity index (χ0) is 30.2. The van der Waals surface area contributed by atoms with E-state index in [0.29, 0.717) is 19.3 Å². The van der Waals surface area contributed by atoms with Gasteiger partial charge in [0.1, 0.15) is 23.7 Å². The highest BCUT2D eigenvalue weighted by Gasteiger charge is 2.50. The molecule has 1 fully saturated rings. The molecule has 8 atom stereocenters. The van der Waals surface area contributed by atoms with Crippen molar-refractivity contribution in [1.82, 2.24) is 20.9 Å². The van der Waals surface area contributed by atoms with Crippen LogP contribution in [0.25, 0.3) is 0 Å². The molecule has 0 saturated carbocycles. The van der Waals surface area contributed by atoms with E-state index >= 15 is 0 Å². The van der Waals surface area contributed by atoms with Crippen LogP contribution in [0.1, 0.15) is 81.6 Å². The summed E-state index contributed by atoms with van der Waals surface area (Å²) in [6.45, 7) is 16.0. The Balaban J connectivity index is 3.15. The van der Waals surface area contributed by atoms with Crippen molar-refractivity contribution >= 4 is 29.4 Å². The predicted molar refractivity (Wildman–Crippen MR) is 147 cm³/mol. The molecule has 0 radical (unpaired) electrons. The highest BCUT2D eigenvalue weighted by molar-refractivity contribution is 5.99. The summed E-state index contributed by atoms with van der Waals surface area (Å²) in [5.74, 6) is -2.73. The summed E-state index contributed by atoms with van der Waals surface area (Å²) >= 11 is 0. The third-order valence-electron chi connectivity index (χ3n) is 7.66. The summed E-state index contributed by atoms with van der Waals surface area (Å²) in [6, 6.07) is -4.00. The molecule has 1 saturated heterocycles. The Hall–Kier alpha value is -2.53. The lowest BCUT2D eigenvalue weighted by Crippen LogP contribution is -2.62. The van der Waals surface area contributed by atoms with Gasteiger partial charge >= 0.3 is 0 Å². The lowest BCUT2D eigenvalue weighted by Gasteiger charge is -2.34. The molecule has 1 heterocycles. The summed E-state index contributed by atoms with van der Waals surface area (Å²) in [4.78, 5) is 66.4. The van der Waals surface area contributed by atoms with Crippen molar-refractivity contribution in [2.75, 3.05) is 13.7 Å². The van der Waals surface area contributed by atoms with Crippen LogP contribution in [-0.2, 0) is 28.7 Å². The van der Waals surface area contributed by atoms with Crippen LogP contribution in [-0.4, -0.2) is 88.9 Å². The van der Waals surface area contributed by atoms with E-state index in [1.165, 1.54) is 18.7 Å². The molecule has 0 spiro atoms. The molecule has 4 N–H and O–H groups in total. The van der Waals surface area contributed by atoms with Crippen molar-refractivity contribution in [3.63, 3.8) is 0 Å². The number of nitrogens with one attached hydrogen (secondary N) is 3. The van der Waals surface area contributed by atoms with E-state index in [4.69, 9.17) is 4.74 Å². The highest BCUT2D eigenvalue weighted by atomic mass is 16.6. The fourth-order valence-electron chi connectivity index (χ4n) is 4.41. The maximum absolute atomic E-state index is 13.4. The van der Waals surface area contributed by atoms with Gasteiger partial charge in [0.2, 0.25) is 23.6 Å². The number of likely N-dealkylation sites (N-methyl/N-ethyl adjacent to an activating group) is 1. The van der Waals surface area contributed by atoms with Crippen molar-refractivity contribution in [3.05, 3.63) is 0 Å². The molecular weight excluding hydrogens is 504 g/mol. The number of aliphatic hydroxyl groups excluding tert-OH is 1. The Labute approximate surface area is 233 Å². The Morgan fingerprint density at radius 1 is 0.872 bits per heavy atom. The molecule has 224 valence electrons. The quantitative estimate of drug-likeness (QED) is 0.209. The standard InChI is InChI=1S/C28H50N4O7/c1-11-16(5)21(30-27(38)23(17(6)12-2)32(10)19(8)34)25(36)31-22(18(7)33)26(37)29-20(13-15(3)4)24(35)28(9)14-39-28/h15-18,20-23,33H,11-14H2,1-10H3,(H,29,37)(H,30,38)(H,31,36)/t16?,17?,18?,20?,21?,22?,23?,28-/m1/s1.